The van der Waals surface area contributed by atoms with Crippen LogP contribution in [0.3, 0.4) is 0 Å². The van der Waals surface area contributed by atoms with E-state index >= 15 is 0 Å². The van der Waals surface area contributed by atoms with Crippen LogP contribution in [0.2, 0.25) is 0 Å². The number of anilines is 1. The van der Waals surface area contributed by atoms with Crippen LogP contribution in [0.4, 0.5) is 15.3 Å². The average Bonchev–Trinajstić information content (AvgIpc) is 3.30. The van der Waals surface area contributed by atoms with E-state index < -0.39 is 18.0 Å². The van der Waals surface area contributed by atoms with E-state index in [0.717, 1.165) is 24.2 Å². The van der Waals surface area contributed by atoms with E-state index in [2.05, 4.69) is 22.8 Å². The summed E-state index contributed by atoms with van der Waals surface area (Å²) >= 11 is 0. The highest BCUT2D eigenvalue weighted by Gasteiger charge is 2.34. The number of hydrogen-bond donors (Lipinski definition) is 3. The predicted molar refractivity (Wildman–Crippen MR) is 123 cm³/mol. The molecule has 1 atom stereocenters. The Kier molecular flexibility index (Phi) is 6.30. The van der Waals surface area contributed by atoms with Crippen LogP contribution in [0.25, 0.3) is 0 Å². The molecule has 2 aromatic carbocycles. The molecule has 1 unspecified atom stereocenters. The minimum atomic E-state index is -0.641. The van der Waals surface area contributed by atoms with E-state index in [0.29, 0.717) is 23.7 Å². The van der Waals surface area contributed by atoms with E-state index in [1.54, 1.807) is 13.1 Å². The van der Waals surface area contributed by atoms with E-state index in [9.17, 15) is 19.2 Å². The Bertz CT molecular complexity index is 1120. The molecular formula is C24H27N5O4. The SMILES string of the molecule is CN1CC(=O)N(Cc2ccc(C(N)=O)cc2NC(=O)NCCC2CCc3ccccc32)C1=O. The van der Waals surface area contributed by atoms with Crippen LogP contribution in [0.15, 0.2) is 42.5 Å². The van der Waals surface area contributed by atoms with Crippen molar-refractivity contribution < 1.29 is 19.2 Å². The van der Waals surface area contributed by atoms with Gasteiger partial charge in [0.2, 0.25) is 5.91 Å². The fourth-order valence-corrected chi connectivity index (χ4v) is 4.45. The minimum absolute atomic E-state index is 0.00570. The van der Waals surface area contributed by atoms with Gasteiger partial charge in [-0.25, -0.2) is 9.59 Å². The van der Waals surface area contributed by atoms with Crippen LogP contribution in [0.1, 0.15) is 45.8 Å². The Morgan fingerprint density at radius 2 is 1.94 bits per heavy atom. The van der Waals surface area contributed by atoms with Gasteiger partial charge in [-0.2, -0.15) is 0 Å². The largest absolute Gasteiger partial charge is 0.366 e. The van der Waals surface area contributed by atoms with Crippen LogP contribution in [-0.4, -0.2) is 53.8 Å². The molecule has 9 nitrogen and oxygen atoms in total. The van der Waals surface area contributed by atoms with Crippen LogP contribution in [-0.2, 0) is 17.8 Å². The minimum Gasteiger partial charge on any atom is -0.366 e. The average molecular weight is 450 g/mol. The first-order valence-electron chi connectivity index (χ1n) is 10.9. The van der Waals surface area contributed by atoms with Crippen LogP contribution in [0, 0.1) is 0 Å². The molecule has 0 bridgehead atoms. The molecule has 4 rings (SSSR count). The Balaban J connectivity index is 1.41. The van der Waals surface area contributed by atoms with Crippen LogP contribution < -0.4 is 16.4 Å². The molecule has 1 aliphatic heterocycles. The number of rotatable bonds is 7. The summed E-state index contributed by atoms with van der Waals surface area (Å²) in [5.74, 6) is -0.550. The number of carbonyl (C=O) groups is 4. The van der Waals surface area contributed by atoms with Gasteiger partial charge in [0, 0.05) is 24.8 Å². The van der Waals surface area contributed by atoms with E-state index in [-0.39, 0.29) is 24.6 Å². The van der Waals surface area contributed by atoms with Gasteiger partial charge in [0.25, 0.3) is 5.91 Å². The number of benzene rings is 2. The van der Waals surface area contributed by atoms with Gasteiger partial charge in [0.1, 0.15) is 6.54 Å². The number of aryl methyl sites for hydroxylation is 1. The molecule has 1 saturated heterocycles. The maximum absolute atomic E-state index is 12.6. The van der Waals surface area contributed by atoms with Crippen molar-refractivity contribution in [3.05, 3.63) is 64.7 Å². The van der Waals surface area contributed by atoms with Crippen molar-refractivity contribution in [3.8, 4) is 0 Å². The highest BCUT2D eigenvalue weighted by Crippen LogP contribution is 2.34. The lowest BCUT2D eigenvalue weighted by atomic mass is 9.98. The second-order valence-electron chi connectivity index (χ2n) is 8.46. The molecule has 0 aromatic heterocycles. The second kappa shape index (κ2) is 9.32. The topological polar surface area (TPSA) is 125 Å². The summed E-state index contributed by atoms with van der Waals surface area (Å²) in [6.07, 6.45) is 2.95. The van der Waals surface area contributed by atoms with Gasteiger partial charge in [-0.3, -0.25) is 14.5 Å². The van der Waals surface area contributed by atoms with E-state index in [1.165, 1.54) is 28.2 Å². The molecule has 0 spiro atoms. The van der Waals surface area contributed by atoms with Gasteiger partial charge in [0.05, 0.1) is 6.54 Å². The van der Waals surface area contributed by atoms with Gasteiger partial charge in [-0.05, 0) is 54.0 Å². The third-order valence-electron chi connectivity index (χ3n) is 6.24. The highest BCUT2D eigenvalue weighted by atomic mass is 16.2. The summed E-state index contributed by atoms with van der Waals surface area (Å²) in [5, 5.41) is 5.61. The third kappa shape index (κ3) is 4.82. The number of fused-ring (bicyclic) bond motifs is 1. The Hall–Kier alpha value is -3.88. The summed E-state index contributed by atoms with van der Waals surface area (Å²) in [4.78, 5) is 51.0. The van der Waals surface area contributed by atoms with Gasteiger partial charge in [-0.1, -0.05) is 30.3 Å². The number of imide groups is 1. The van der Waals surface area contributed by atoms with Gasteiger partial charge in [0.15, 0.2) is 0 Å². The summed E-state index contributed by atoms with van der Waals surface area (Å²) in [7, 11) is 1.55. The maximum atomic E-state index is 12.6. The molecule has 4 N–H and O–H groups in total. The molecule has 9 heteroatoms. The molecular weight excluding hydrogens is 422 g/mol. The van der Waals surface area contributed by atoms with Crippen molar-refractivity contribution in [2.75, 3.05) is 25.5 Å². The number of amides is 6. The van der Waals surface area contributed by atoms with Crippen molar-refractivity contribution in [2.24, 2.45) is 5.73 Å². The number of carbonyl (C=O) groups excluding carboxylic acids is 4. The highest BCUT2D eigenvalue weighted by molar-refractivity contribution is 6.02. The van der Waals surface area contributed by atoms with Crippen molar-refractivity contribution in [2.45, 2.75) is 31.7 Å². The summed E-state index contributed by atoms with van der Waals surface area (Å²) in [6, 6.07) is 12.1. The van der Waals surface area contributed by atoms with Crippen molar-refractivity contribution in [3.63, 3.8) is 0 Å². The summed E-state index contributed by atoms with van der Waals surface area (Å²) < 4.78 is 0. The van der Waals surface area contributed by atoms with Crippen molar-refractivity contribution in [1.82, 2.24) is 15.1 Å². The van der Waals surface area contributed by atoms with E-state index in [4.69, 9.17) is 5.73 Å². The molecule has 0 radical (unpaired) electrons. The fourth-order valence-electron chi connectivity index (χ4n) is 4.45. The first kappa shape index (κ1) is 22.3. The number of nitrogens with one attached hydrogen (secondary N) is 2. The number of nitrogens with two attached hydrogens (primary N) is 1. The molecule has 172 valence electrons. The molecule has 1 heterocycles. The monoisotopic (exact) mass is 449 g/mol. The Morgan fingerprint density at radius 3 is 2.67 bits per heavy atom. The fraction of sp³-hybridized carbons (Fsp3) is 0.333. The number of nitrogens with zero attached hydrogens (tertiary/aromatic N) is 2. The van der Waals surface area contributed by atoms with Gasteiger partial charge in [-0.15, -0.1) is 0 Å². The lowest BCUT2D eigenvalue weighted by molar-refractivity contribution is -0.125. The molecule has 0 saturated carbocycles. The van der Waals surface area contributed by atoms with Crippen LogP contribution in [0.5, 0.6) is 0 Å². The zero-order valence-corrected chi connectivity index (χ0v) is 18.5. The first-order valence-corrected chi connectivity index (χ1v) is 10.9. The Labute approximate surface area is 191 Å². The molecule has 1 aliphatic carbocycles. The zero-order valence-electron chi connectivity index (χ0n) is 18.5. The summed E-state index contributed by atoms with van der Waals surface area (Å²) in [6.45, 7) is 0.477. The standard InChI is InChI=1S/C24H27N5O4/c1-28-14-21(30)29(24(28)33)13-18-9-8-17(22(25)31)12-20(18)27-23(32)26-11-10-16-7-6-15-4-2-3-5-19(15)16/h2-5,8-9,12,16H,6-7,10-11,13-14H2,1H3,(H2,25,31)(H2,26,27,32). The number of hydrogen-bond acceptors (Lipinski definition) is 4. The molecule has 6 amide bonds. The molecule has 2 aromatic rings. The molecule has 33 heavy (non-hydrogen) atoms. The smallest absolute Gasteiger partial charge is 0.327 e. The number of likely N-dealkylation sites (N-methyl/N-ethyl adjacent to an activating group) is 1. The Morgan fingerprint density at radius 1 is 1.15 bits per heavy atom. The third-order valence-corrected chi connectivity index (χ3v) is 6.24. The normalized spacial score (nSPS) is 17.3. The first-order chi connectivity index (χ1) is 15.8. The van der Waals surface area contributed by atoms with Crippen molar-refractivity contribution in [1.29, 1.82) is 0 Å². The molecule has 2 aliphatic rings. The maximum Gasteiger partial charge on any atom is 0.327 e. The van der Waals surface area contributed by atoms with Crippen molar-refractivity contribution >= 4 is 29.6 Å². The second-order valence-corrected chi connectivity index (χ2v) is 8.46. The van der Waals surface area contributed by atoms with Gasteiger partial charge < -0.3 is 21.3 Å². The summed E-state index contributed by atoms with van der Waals surface area (Å²) in [5.41, 5.74) is 9.17. The number of urea groups is 2. The van der Waals surface area contributed by atoms with E-state index in [1.807, 2.05) is 12.1 Å². The molecule has 1 fully saturated rings. The lowest BCUT2D eigenvalue weighted by Gasteiger charge is -2.18. The van der Waals surface area contributed by atoms with Gasteiger partial charge >= 0.3 is 12.1 Å². The zero-order chi connectivity index (χ0) is 23.5. The van der Waals surface area contributed by atoms with Crippen LogP contribution >= 0.6 is 0 Å². The lowest BCUT2D eigenvalue weighted by Crippen LogP contribution is -2.33. The number of primary amides is 1. The predicted octanol–water partition coefficient (Wildman–Crippen LogP) is 2.42. The quantitative estimate of drug-likeness (QED) is 0.562.